The van der Waals surface area contributed by atoms with Gasteiger partial charge in [0.05, 0.1) is 6.61 Å². The van der Waals surface area contributed by atoms with Crippen molar-refractivity contribution in [2.45, 2.75) is 70.2 Å². The molecular formula is C27H34F2N4O4. The number of carbonyl (C=O) groups excluding carboxylic acids is 2. The summed E-state index contributed by atoms with van der Waals surface area (Å²) in [4.78, 5) is 29.8. The largest absolute Gasteiger partial charge is 0.490 e. The zero-order valence-corrected chi connectivity index (χ0v) is 21.2. The summed E-state index contributed by atoms with van der Waals surface area (Å²) >= 11 is 0. The zero-order chi connectivity index (χ0) is 26.2. The van der Waals surface area contributed by atoms with Crippen molar-refractivity contribution in [3.8, 4) is 5.75 Å². The lowest BCUT2D eigenvalue weighted by molar-refractivity contribution is -0.133. The lowest BCUT2D eigenvalue weighted by Gasteiger charge is -2.35. The highest BCUT2D eigenvalue weighted by Crippen LogP contribution is 2.30. The molecule has 3 heterocycles. The van der Waals surface area contributed by atoms with E-state index in [0.29, 0.717) is 37.4 Å². The third-order valence-electron chi connectivity index (χ3n) is 7.95. The summed E-state index contributed by atoms with van der Waals surface area (Å²) in [5.41, 5.74) is 1.34. The number of benzene rings is 1. The maximum absolute atomic E-state index is 14.4. The van der Waals surface area contributed by atoms with E-state index in [1.807, 2.05) is 11.8 Å². The Kier molecular flexibility index (Phi) is 7.20. The number of likely N-dealkylation sites (tertiary alicyclic amines) is 2. The molecule has 10 heteroatoms. The highest BCUT2D eigenvalue weighted by atomic mass is 19.1. The van der Waals surface area contributed by atoms with Crippen LogP contribution in [0.15, 0.2) is 18.2 Å². The second-order valence-corrected chi connectivity index (χ2v) is 10.5. The molecule has 0 spiro atoms. The van der Waals surface area contributed by atoms with E-state index in [9.17, 15) is 23.5 Å². The first-order valence-corrected chi connectivity index (χ1v) is 13.1. The molecule has 1 N–H and O–H groups in total. The van der Waals surface area contributed by atoms with E-state index in [2.05, 4.69) is 5.10 Å². The van der Waals surface area contributed by atoms with E-state index >= 15 is 0 Å². The van der Waals surface area contributed by atoms with Gasteiger partial charge in [-0.25, -0.2) is 8.78 Å². The number of nitrogens with zero attached hydrogens (tertiary/aromatic N) is 4. The van der Waals surface area contributed by atoms with Gasteiger partial charge in [-0.2, -0.15) is 5.10 Å². The van der Waals surface area contributed by atoms with E-state index in [4.69, 9.17) is 4.74 Å². The van der Waals surface area contributed by atoms with Gasteiger partial charge in [0.2, 0.25) is 5.91 Å². The summed E-state index contributed by atoms with van der Waals surface area (Å²) in [5, 5.41) is 13.8. The number of aliphatic hydroxyl groups excluding tert-OH is 1. The normalized spacial score (nSPS) is 19.7. The van der Waals surface area contributed by atoms with E-state index in [1.165, 1.54) is 12.1 Å². The first kappa shape index (κ1) is 25.6. The summed E-state index contributed by atoms with van der Waals surface area (Å²) in [6.45, 7) is 2.96. The molecule has 37 heavy (non-hydrogen) atoms. The van der Waals surface area contributed by atoms with Crippen LogP contribution in [0.2, 0.25) is 0 Å². The summed E-state index contributed by atoms with van der Waals surface area (Å²) in [5.74, 6) is 0.103. The molecule has 2 fully saturated rings. The molecule has 5 rings (SSSR count). The molecule has 0 radical (unpaired) electrons. The second kappa shape index (κ2) is 10.4. The number of halogens is 2. The van der Waals surface area contributed by atoms with E-state index in [1.54, 1.807) is 15.6 Å². The zero-order valence-electron chi connectivity index (χ0n) is 21.2. The fraction of sp³-hybridized carbons (Fsp3) is 0.593. The van der Waals surface area contributed by atoms with Crippen LogP contribution in [0, 0.1) is 12.7 Å². The number of rotatable bonds is 6. The van der Waals surface area contributed by atoms with Crippen LogP contribution in [0.1, 0.15) is 59.4 Å². The van der Waals surface area contributed by atoms with Crippen molar-refractivity contribution in [3.05, 3.63) is 46.5 Å². The Hall–Kier alpha value is -3.01. The van der Waals surface area contributed by atoms with Gasteiger partial charge in [-0.1, -0.05) is 0 Å². The number of amides is 2. The number of aliphatic hydroxyl groups is 1. The number of alkyl halides is 1. The number of hydrogen-bond acceptors (Lipinski definition) is 5. The van der Waals surface area contributed by atoms with Crippen molar-refractivity contribution in [2.75, 3.05) is 32.8 Å². The average molecular weight is 517 g/mol. The highest BCUT2D eigenvalue weighted by molar-refractivity contribution is 5.94. The molecule has 0 unspecified atom stereocenters. The molecule has 8 nitrogen and oxygen atoms in total. The Morgan fingerprint density at radius 1 is 1.14 bits per heavy atom. The second-order valence-electron chi connectivity index (χ2n) is 10.5. The van der Waals surface area contributed by atoms with Crippen LogP contribution < -0.4 is 4.74 Å². The molecule has 0 bridgehead atoms. The SMILES string of the molecule is Cc1cc(F)ccc1OC1CCN(C(=O)Cn2nc(C(=O)N3CCC(F)(CO)CC3)c3c2CCC3)CC1. The Labute approximate surface area is 215 Å². The molecule has 0 saturated carbocycles. The number of fused-ring (bicyclic) bond motifs is 1. The van der Waals surface area contributed by atoms with Crippen molar-refractivity contribution < 1.29 is 28.2 Å². The van der Waals surface area contributed by atoms with Gasteiger partial charge in [0, 0.05) is 63.1 Å². The number of aryl methyl sites for hydroxylation is 1. The third kappa shape index (κ3) is 5.35. The van der Waals surface area contributed by atoms with Crippen LogP contribution in [0.25, 0.3) is 0 Å². The number of piperidine rings is 2. The number of ether oxygens (including phenoxy) is 1. The molecule has 2 aromatic rings. The number of carbonyl (C=O) groups is 2. The molecular weight excluding hydrogens is 482 g/mol. The number of aromatic nitrogens is 2. The number of hydrogen-bond donors (Lipinski definition) is 1. The van der Waals surface area contributed by atoms with Crippen LogP contribution in [0.5, 0.6) is 5.75 Å². The summed E-state index contributed by atoms with van der Waals surface area (Å²) in [7, 11) is 0. The average Bonchev–Trinajstić information content (AvgIpc) is 3.50. The van der Waals surface area contributed by atoms with Crippen molar-refractivity contribution in [1.82, 2.24) is 19.6 Å². The third-order valence-corrected chi connectivity index (χ3v) is 7.95. The summed E-state index contributed by atoms with van der Waals surface area (Å²) < 4.78 is 35.5. The van der Waals surface area contributed by atoms with Gasteiger partial charge in [0.15, 0.2) is 5.69 Å². The van der Waals surface area contributed by atoms with E-state index in [0.717, 1.165) is 36.1 Å². The van der Waals surface area contributed by atoms with Gasteiger partial charge >= 0.3 is 0 Å². The van der Waals surface area contributed by atoms with Crippen molar-refractivity contribution >= 4 is 11.8 Å². The van der Waals surface area contributed by atoms with Crippen LogP contribution >= 0.6 is 0 Å². The first-order chi connectivity index (χ1) is 17.8. The smallest absolute Gasteiger partial charge is 0.274 e. The highest BCUT2D eigenvalue weighted by Gasteiger charge is 2.38. The first-order valence-electron chi connectivity index (χ1n) is 13.1. The monoisotopic (exact) mass is 516 g/mol. The lowest BCUT2D eigenvalue weighted by Crippen LogP contribution is -2.46. The van der Waals surface area contributed by atoms with Crippen molar-refractivity contribution in [1.29, 1.82) is 0 Å². The maximum atomic E-state index is 14.4. The molecule has 2 aliphatic heterocycles. The molecule has 1 aromatic carbocycles. The molecule has 2 amide bonds. The fourth-order valence-corrected chi connectivity index (χ4v) is 5.61. The Balaban J connectivity index is 1.19. The Morgan fingerprint density at radius 3 is 2.54 bits per heavy atom. The Morgan fingerprint density at radius 2 is 1.86 bits per heavy atom. The van der Waals surface area contributed by atoms with Gasteiger partial charge < -0.3 is 19.6 Å². The molecule has 3 aliphatic rings. The minimum absolute atomic E-state index is 0.0372. The van der Waals surface area contributed by atoms with Gasteiger partial charge in [0.25, 0.3) is 5.91 Å². The van der Waals surface area contributed by atoms with Crippen LogP contribution in [0.3, 0.4) is 0 Å². The molecule has 1 aromatic heterocycles. The van der Waals surface area contributed by atoms with Crippen LogP contribution in [0.4, 0.5) is 8.78 Å². The Bertz CT molecular complexity index is 1170. The minimum Gasteiger partial charge on any atom is -0.490 e. The van der Waals surface area contributed by atoms with Gasteiger partial charge in [-0.3, -0.25) is 14.3 Å². The maximum Gasteiger partial charge on any atom is 0.274 e. The van der Waals surface area contributed by atoms with Crippen molar-refractivity contribution in [2.24, 2.45) is 0 Å². The predicted octanol–water partition coefficient (Wildman–Crippen LogP) is 2.83. The van der Waals surface area contributed by atoms with Gasteiger partial charge in [-0.15, -0.1) is 0 Å². The van der Waals surface area contributed by atoms with Crippen LogP contribution in [-0.2, 0) is 24.2 Å². The van der Waals surface area contributed by atoms with Gasteiger partial charge in [0.1, 0.15) is 29.9 Å². The topological polar surface area (TPSA) is 87.9 Å². The standard InChI is InChI=1S/C27H34F2N4O4/c1-18-15-19(28)5-6-23(18)37-20-7-11-31(12-8-20)24(35)16-33-22-4-2-3-21(22)25(30-33)26(36)32-13-9-27(29,17-34)10-14-32/h5-6,15,20,34H,2-4,7-14,16-17H2,1H3. The molecule has 1 aliphatic carbocycles. The van der Waals surface area contributed by atoms with Crippen molar-refractivity contribution in [3.63, 3.8) is 0 Å². The van der Waals surface area contributed by atoms with E-state index < -0.39 is 12.3 Å². The minimum atomic E-state index is -1.62. The fourth-order valence-electron chi connectivity index (χ4n) is 5.61. The quantitative estimate of drug-likeness (QED) is 0.638. The molecule has 0 atom stereocenters. The van der Waals surface area contributed by atoms with Crippen LogP contribution in [-0.4, -0.2) is 81.1 Å². The molecule has 2 saturated heterocycles. The van der Waals surface area contributed by atoms with Gasteiger partial charge in [-0.05, 0) is 49.9 Å². The summed E-state index contributed by atoms with van der Waals surface area (Å²) in [6.07, 6.45) is 3.97. The molecule has 200 valence electrons. The summed E-state index contributed by atoms with van der Waals surface area (Å²) in [6, 6.07) is 4.48. The lowest BCUT2D eigenvalue weighted by atomic mass is 9.94. The predicted molar refractivity (Wildman–Crippen MR) is 132 cm³/mol. The van der Waals surface area contributed by atoms with E-state index in [-0.39, 0.29) is 56.2 Å².